The molecule has 0 bridgehead atoms. The fourth-order valence-electron chi connectivity index (χ4n) is 6.93. The monoisotopic (exact) mass is 629 g/mol. The molecule has 0 radical (unpaired) electrons. The van der Waals surface area contributed by atoms with Gasteiger partial charge in [0, 0.05) is 43.2 Å². The first-order valence-corrected chi connectivity index (χ1v) is 16.3. The summed E-state index contributed by atoms with van der Waals surface area (Å²) in [6.07, 6.45) is 7.87. The van der Waals surface area contributed by atoms with Gasteiger partial charge in [0.05, 0.1) is 37.8 Å². The molecule has 6 rings (SSSR count). The number of methoxy groups -OCH3 is 2. The van der Waals surface area contributed by atoms with Gasteiger partial charge in [-0.15, -0.1) is 0 Å². The molecule has 0 spiro atoms. The minimum Gasteiger partial charge on any atom is -0.497 e. The summed E-state index contributed by atoms with van der Waals surface area (Å²) in [6, 6.07) is 11.9. The summed E-state index contributed by atoms with van der Waals surface area (Å²) in [6.45, 7) is 2.23. The number of rotatable bonds is 7. The van der Waals surface area contributed by atoms with Gasteiger partial charge in [-0.25, -0.2) is 13.3 Å². The molecular weight excluding hydrogens is 590 g/mol. The Bertz CT molecular complexity index is 1880. The molecule has 236 valence electrons. The Hall–Kier alpha value is -4.22. The standard InChI is InChI=1S/C34H39N5O5S/c1-20-29(34(41)44-6)31(38(4)35-20)24-16-23-17-25(43-5)13-15-26(23)32-30(21-10-8-7-9-11-21)27-14-12-22(18-28(27)39(32)19-24)33(40)36-45(42)37(2)3/h12-18,21H,7-11,19H2,1-6H3,(H,36,40). The van der Waals surface area contributed by atoms with Gasteiger partial charge in [0.15, 0.2) is 11.2 Å². The van der Waals surface area contributed by atoms with Gasteiger partial charge in [-0.1, -0.05) is 25.3 Å². The van der Waals surface area contributed by atoms with Crippen molar-refractivity contribution in [2.75, 3.05) is 28.3 Å². The topological polar surface area (TPSA) is 108 Å². The van der Waals surface area contributed by atoms with Crippen LogP contribution in [0.4, 0.5) is 0 Å². The number of amides is 1. The molecule has 1 aliphatic heterocycles. The number of fused-ring (bicyclic) bond motifs is 5. The van der Waals surface area contributed by atoms with E-state index in [0.717, 1.165) is 51.9 Å². The van der Waals surface area contributed by atoms with Crippen molar-refractivity contribution >= 4 is 45.6 Å². The van der Waals surface area contributed by atoms with Crippen LogP contribution in [0.5, 0.6) is 5.75 Å². The molecule has 1 aliphatic carbocycles. The number of hydrogen-bond acceptors (Lipinski definition) is 6. The number of carbonyl (C=O) groups excluding carboxylic acids is 2. The number of allylic oxidation sites excluding steroid dienone is 1. The number of carbonyl (C=O) groups is 2. The van der Waals surface area contributed by atoms with Crippen molar-refractivity contribution in [3.05, 3.63) is 70.0 Å². The summed E-state index contributed by atoms with van der Waals surface area (Å²) >= 11 is -1.66. The van der Waals surface area contributed by atoms with Crippen LogP contribution in [0.15, 0.2) is 36.4 Å². The van der Waals surface area contributed by atoms with E-state index in [0.29, 0.717) is 35.0 Å². The molecule has 10 nitrogen and oxygen atoms in total. The van der Waals surface area contributed by atoms with E-state index in [4.69, 9.17) is 9.47 Å². The predicted molar refractivity (Wildman–Crippen MR) is 176 cm³/mol. The minimum atomic E-state index is -1.66. The van der Waals surface area contributed by atoms with E-state index in [2.05, 4.69) is 26.5 Å². The summed E-state index contributed by atoms with van der Waals surface area (Å²) in [7, 11) is 8.16. The van der Waals surface area contributed by atoms with Gasteiger partial charge in [0.25, 0.3) is 5.91 Å². The number of nitrogens with zero attached hydrogens (tertiary/aromatic N) is 4. The number of benzene rings is 2. The first kappa shape index (κ1) is 30.8. The van der Waals surface area contributed by atoms with Gasteiger partial charge in [-0.05, 0) is 78.8 Å². The smallest absolute Gasteiger partial charge is 0.341 e. The molecule has 1 unspecified atom stereocenters. The average molecular weight is 630 g/mol. The van der Waals surface area contributed by atoms with Gasteiger partial charge in [0.2, 0.25) is 0 Å². The highest BCUT2D eigenvalue weighted by molar-refractivity contribution is 7.81. The number of nitrogens with one attached hydrogen (secondary N) is 1. The maximum atomic E-state index is 13.3. The van der Waals surface area contributed by atoms with Gasteiger partial charge in [-0.2, -0.15) is 5.10 Å². The molecule has 2 aromatic heterocycles. The van der Waals surface area contributed by atoms with Crippen molar-refractivity contribution in [2.45, 2.75) is 51.5 Å². The summed E-state index contributed by atoms with van der Waals surface area (Å²) in [5, 5.41) is 5.70. The number of hydrogen-bond donors (Lipinski definition) is 1. The molecule has 1 atom stereocenters. The lowest BCUT2D eigenvalue weighted by Crippen LogP contribution is -2.34. The van der Waals surface area contributed by atoms with E-state index >= 15 is 0 Å². The quantitative estimate of drug-likeness (QED) is 0.266. The van der Waals surface area contributed by atoms with E-state index in [1.165, 1.54) is 36.2 Å². The van der Waals surface area contributed by atoms with Crippen molar-refractivity contribution < 1.29 is 23.3 Å². The van der Waals surface area contributed by atoms with Crippen molar-refractivity contribution in [1.29, 1.82) is 0 Å². The third-order valence-corrected chi connectivity index (χ3v) is 10.0. The molecule has 3 heterocycles. The molecule has 1 N–H and O–H groups in total. The van der Waals surface area contributed by atoms with Gasteiger partial charge >= 0.3 is 5.97 Å². The molecule has 1 saturated carbocycles. The van der Waals surface area contributed by atoms with Crippen molar-refractivity contribution in [3.63, 3.8) is 0 Å². The van der Waals surface area contributed by atoms with Crippen molar-refractivity contribution in [1.82, 2.24) is 23.4 Å². The SMILES string of the molecule is COC(=O)c1c(C)nn(C)c1C1=Cc2cc(OC)ccc2-c2c(C3CCCCC3)c3ccc(C(=O)NS(=O)N(C)C)cc3n2C1. The number of esters is 1. The van der Waals surface area contributed by atoms with Gasteiger partial charge in [0.1, 0.15) is 11.3 Å². The highest BCUT2D eigenvalue weighted by Gasteiger charge is 2.32. The van der Waals surface area contributed by atoms with Crippen LogP contribution in [0.3, 0.4) is 0 Å². The van der Waals surface area contributed by atoms with Crippen LogP contribution < -0.4 is 9.46 Å². The molecule has 2 aromatic carbocycles. The van der Waals surface area contributed by atoms with Crippen LogP contribution >= 0.6 is 0 Å². The highest BCUT2D eigenvalue weighted by atomic mass is 32.2. The van der Waals surface area contributed by atoms with E-state index in [9.17, 15) is 13.8 Å². The lowest BCUT2D eigenvalue weighted by molar-refractivity contribution is 0.0599. The third-order valence-electron chi connectivity index (χ3n) is 8.98. The fraction of sp³-hybridized carbons (Fsp3) is 0.382. The van der Waals surface area contributed by atoms with Crippen molar-refractivity contribution in [2.24, 2.45) is 7.05 Å². The molecule has 4 aromatic rings. The lowest BCUT2D eigenvalue weighted by atomic mass is 9.81. The van der Waals surface area contributed by atoms with E-state index in [1.54, 1.807) is 25.9 Å². The predicted octanol–water partition coefficient (Wildman–Crippen LogP) is 5.62. The Kier molecular flexibility index (Phi) is 8.41. The second-order valence-corrected chi connectivity index (χ2v) is 13.4. The van der Waals surface area contributed by atoms with Gasteiger partial charge < -0.3 is 14.0 Å². The maximum absolute atomic E-state index is 13.3. The summed E-state index contributed by atoms with van der Waals surface area (Å²) in [5.41, 5.74) is 8.31. The molecule has 2 aliphatic rings. The summed E-state index contributed by atoms with van der Waals surface area (Å²) < 4.78 is 31.3. The van der Waals surface area contributed by atoms with Crippen LogP contribution in [0.1, 0.15) is 81.3 Å². The van der Waals surface area contributed by atoms with E-state index in [1.807, 2.05) is 44.3 Å². The van der Waals surface area contributed by atoms with Crippen LogP contribution in [0, 0.1) is 6.92 Å². The molecule has 1 amide bonds. The number of ether oxygens (including phenoxy) is 2. The number of aromatic nitrogens is 3. The van der Waals surface area contributed by atoms with Crippen LogP contribution in [-0.4, -0.2) is 63.1 Å². The molecule has 11 heteroatoms. The second kappa shape index (κ2) is 12.3. The fourth-order valence-corrected chi connectivity index (χ4v) is 7.39. The zero-order valence-corrected chi connectivity index (χ0v) is 27.4. The normalized spacial score (nSPS) is 15.7. The van der Waals surface area contributed by atoms with Crippen LogP contribution in [0.25, 0.3) is 33.8 Å². The Morgan fingerprint density at radius 3 is 2.49 bits per heavy atom. The zero-order valence-electron chi connectivity index (χ0n) is 26.6. The lowest BCUT2D eigenvalue weighted by Gasteiger charge is -2.24. The van der Waals surface area contributed by atoms with Crippen LogP contribution in [-0.2, 0) is 29.5 Å². The first-order valence-electron chi connectivity index (χ1n) is 15.2. The molecular formula is C34H39N5O5S. The van der Waals surface area contributed by atoms with E-state index < -0.39 is 23.0 Å². The second-order valence-electron chi connectivity index (χ2n) is 12.0. The molecule has 45 heavy (non-hydrogen) atoms. The third kappa shape index (κ3) is 5.48. The van der Waals surface area contributed by atoms with Gasteiger partial charge in [-0.3, -0.25) is 14.2 Å². The zero-order chi connectivity index (χ0) is 32.0. The minimum absolute atomic E-state index is 0.361. The first-order chi connectivity index (χ1) is 21.6. The highest BCUT2D eigenvalue weighted by Crippen LogP contribution is 2.48. The number of aryl methyl sites for hydroxylation is 2. The average Bonchev–Trinajstić information content (AvgIpc) is 3.45. The summed E-state index contributed by atoms with van der Waals surface area (Å²) in [5.74, 6) is 0.235. The maximum Gasteiger partial charge on any atom is 0.341 e. The summed E-state index contributed by atoms with van der Waals surface area (Å²) in [4.78, 5) is 26.3. The molecule has 1 fully saturated rings. The van der Waals surface area contributed by atoms with Crippen molar-refractivity contribution in [3.8, 4) is 17.0 Å². The van der Waals surface area contributed by atoms with Crippen LogP contribution in [0.2, 0.25) is 0 Å². The largest absolute Gasteiger partial charge is 0.497 e. The Morgan fingerprint density at radius 2 is 1.80 bits per heavy atom. The Morgan fingerprint density at radius 1 is 1.04 bits per heavy atom. The molecule has 0 saturated heterocycles. The Balaban J connectivity index is 1.64. The Labute approximate surface area is 265 Å². The van der Waals surface area contributed by atoms with E-state index in [-0.39, 0.29) is 0 Å².